The second-order valence-electron chi connectivity index (χ2n) is 8.44. The van der Waals surface area contributed by atoms with Crippen LogP contribution < -0.4 is 20.3 Å². The first-order valence-electron chi connectivity index (χ1n) is 10.3. The standard InChI is InChI=1S/C24H27N4OPS/c1-17-14-24(2)16-27(31-29-21-7-3-18(15-25)4-8-21)12-11-19(24)13-23(17)28(26)20-5-9-22(30)10-6-20/h3-10,13H,11-12,14,16,26,30H2,1-2H3. The van der Waals surface area contributed by atoms with Gasteiger partial charge in [0.2, 0.25) is 0 Å². The van der Waals surface area contributed by atoms with Gasteiger partial charge in [0, 0.05) is 18.5 Å². The summed E-state index contributed by atoms with van der Waals surface area (Å²) in [5.74, 6) is 7.26. The topological polar surface area (TPSA) is 65.5 Å². The summed E-state index contributed by atoms with van der Waals surface area (Å²) in [5.41, 5.74) is 5.53. The molecule has 5 nitrogen and oxygen atoms in total. The van der Waals surface area contributed by atoms with Gasteiger partial charge in [0.25, 0.3) is 0 Å². The van der Waals surface area contributed by atoms with Gasteiger partial charge in [-0.1, -0.05) is 24.6 Å². The maximum Gasteiger partial charge on any atom is 0.146 e. The van der Waals surface area contributed by atoms with Crippen molar-refractivity contribution < 1.29 is 4.18 Å². The fourth-order valence-corrected chi connectivity index (χ4v) is 5.29. The van der Waals surface area contributed by atoms with Gasteiger partial charge in [-0.2, -0.15) is 5.26 Å². The van der Waals surface area contributed by atoms with Crippen LogP contribution in [0.5, 0.6) is 5.75 Å². The first-order chi connectivity index (χ1) is 14.9. The summed E-state index contributed by atoms with van der Waals surface area (Å²) in [5, 5.41) is 11.9. The van der Waals surface area contributed by atoms with E-state index in [0.29, 0.717) is 5.56 Å². The van der Waals surface area contributed by atoms with Crippen LogP contribution in [0.15, 0.2) is 71.5 Å². The molecule has 1 fully saturated rings. The lowest BCUT2D eigenvalue weighted by Crippen LogP contribution is -2.43. The van der Waals surface area contributed by atoms with Gasteiger partial charge in [-0.05, 0) is 73.1 Å². The van der Waals surface area contributed by atoms with Crippen molar-refractivity contribution in [2.45, 2.75) is 26.7 Å². The Hall–Kier alpha value is -2.29. The molecular formula is C24H27N4OPS. The van der Waals surface area contributed by atoms with Crippen LogP contribution in [0.4, 0.5) is 5.69 Å². The molecule has 31 heavy (non-hydrogen) atoms. The predicted octanol–water partition coefficient (Wildman–Crippen LogP) is 4.70. The lowest BCUT2D eigenvalue weighted by Gasteiger charge is -2.44. The van der Waals surface area contributed by atoms with E-state index in [1.807, 2.05) is 12.1 Å². The van der Waals surface area contributed by atoms with E-state index < -0.39 is 0 Å². The number of hydrogen-bond donors (Lipinski definition) is 1. The van der Waals surface area contributed by atoms with Crippen molar-refractivity contribution in [3.63, 3.8) is 0 Å². The quantitative estimate of drug-likeness (QED) is 0.234. The van der Waals surface area contributed by atoms with Crippen LogP contribution in [0.25, 0.3) is 0 Å². The lowest BCUT2D eigenvalue weighted by atomic mass is 9.70. The molecule has 2 unspecified atom stereocenters. The molecule has 0 bridgehead atoms. The Bertz CT molecular complexity index is 1060. The third-order valence-electron chi connectivity index (χ3n) is 5.99. The monoisotopic (exact) mass is 450 g/mol. The molecule has 7 heteroatoms. The minimum Gasteiger partial charge on any atom is -0.409 e. The van der Waals surface area contributed by atoms with Gasteiger partial charge in [0.15, 0.2) is 0 Å². The van der Waals surface area contributed by atoms with Gasteiger partial charge in [0.05, 0.1) is 23.0 Å². The summed E-state index contributed by atoms with van der Waals surface area (Å²) in [6.45, 7) is 6.34. The zero-order valence-corrected chi connectivity index (χ0v) is 19.8. The number of hydrogen-bond acceptors (Lipinski definition) is 6. The highest BCUT2D eigenvalue weighted by Gasteiger charge is 2.39. The van der Waals surface area contributed by atoms with E-state index in [9.17, 15) is 0 Å². The molecule has 1 aliphatic heterocycles. The van der Waals surface area contributed by atoms with E-state index in [0.717, 1.165) is 48.4 Å². The molecule has 0 saturated carbocycles. The summed E-state index contributed by atoms with van der Waals surface area (Å²) in [7, 11) is 2.70. The maximum atomic E-state index is 8.93. The molecule has 0 amide bonds. The van der Waals surface area contributed by atoms with Crippen LogP contribution in [-0.2, 0) is 0 Å². The van der Waals surface area contributed by atoms with Gasteiger partial charge in [-0.3, -0.25) is 5.01 Å². The minimum atomic E-state index is 0.0671. The Labute approximate surface area is 191 Å². The Morgan fingerprint density at radius 1 is 1.19 bits per heavy atom. The van der Waals surface area contributed by atoms with E-state index in [1.165, 1.54) is 23.4 Å². The fraction of sp³-hybridized carbons (Fsp3) is 0.292. The third kappa shape index (κ3) is 4.81. The number of nitrogens with zero attached hydrogens (tertiary/aromatic N) is 3. The number of anilines is 1. The molecule has 0 spiro atoms. The second kappa shape index (κ2) is 9.06. The minimum absolute atomic E-state index is 0.0671. The van der Waals surface area contributed by atoms with E-state index in [4.69, 9.17) is 15.3 Å². The SMILES string of the molecule is CC1=C(N(N)c2ccc(P)cc2)C=C2CCN(SOc3ccc(C#N)cc3)CC2(C)C1. The van der Waals surface area contributed by atoms with Crippen LogP contribution >= 0.6 is 21.5 Å². The summed E-state index contributed by atoms with van der Waals surface area (Å²) in [6, 6.07) is 17.6. The summed E-state index contributed by atoms with van der Waals surface area (Å²) in [4.78, 5) is 0. The highest BCUT2D eigenvalue weighted by atomic mass is 32.2. The maximum absolute atomic E-state index is 8.93. The molecular weight excluding hydrogens is 423 g/mol. The molecule has 2 aliphatic rings. The van der Waals surface area contributed by atoms with Gasteiger partial charge >= 0.3 is 0 Å². The zero-order chi connectivity index (χ0) is 22.0. The van der Waals surface area contributed by atoms with Crippen molar-refractivity contribution in [1.29, 1.82) is 5.26 Å². The van der Waals surface area contributed by atoms with E-state index in [1.54, 1.807) is 17.1 Å². The van der Waals surface area contributed by atoms with Crippen molar-refractivity contribution >= 4 is 32.5 Å². The molecule has 1 aliphatic carbocycles. The molecule has 2 N–H and O–H groups in total. The number of hydrazine groups is 1. The highest BCUT2D eigenvalue weighted by Crippen LogP contribution is 2.46. The van der Waals surface area contributed by atoms with Crippen molar-refractivity contribution in [2.24, 2.45) is 11.3 Å². The van der Waals surface area contributed by atoms with Crippen molar-refractivity contribution in [3.05, 3.63) is 77.0 Å². The van der Waals surface area contributed by atoms with Crippen LogP contribution in [-0.4, -0.2) is 17.4 Å². The molecule has 2 aromatic rings. The van der Waals surface area contributed by atoms with E-state index in [-0.39, 0.29) is 5.41 Å². The second-order valence-corrected chi connectivity index (χ2v) is 9.94. The van der Waals surface area contributed by atoms with Crippen LogP contribution in [0.1, 0.15) is 32.3 Å². The van der Waals surface area contributed by atoms with E-state index >= 15 is 0 Å². The molecule has 2 atom stereocenters. The van der Waals surface area contributed by atoms with Crippen LogP contribution in [0.3, 0.4) is 0 Å². The third-order valence-corrected chi connectivity index (χ3v) is 7.16. The lowest BCUT2D eigenvalue weighted by molar-refractivity contribution is 0.236. The molecule has 1 saturated heterocycles. The molecule has 0 aromatic heterocycles. The highest BCUT2D eigenvalue weighted by molar-refractivity contribution is 7.92. The molecule has 160 valence electrons. The van der Waals surface area contributed by atoms with E-state index in [2.05, 4.69) is 63.8 Å². The smallest absolute Gasteiger partial charge is 0.146 e. The Morgan fingerprint density at radius 2 is 1.90 bits per heavy atom. The van der Waals surface area contributed by atoms with Crippen LogP contribution in [0.2, 0.25) is 0 Å². The Morgan fingerprint density at radius 3 is 2.58 bits per heavy atom. The zero-order valence-electron chi connectivity index (χ0n) is 17.8. The summed E-state index contributed by atoms with van der Waals surface area (Å²) in [6.07, 6.45) is 4.24. The molecule has 4 rings (SSSR count). The number of rotatable bonds is 5. The van der Waals surface area contributed by atoms with Gasteiger partial charge < -0.3 is 4.18 Å². The first-order valence-corrected chi connectivity index (χ1v) is 11.6. The van der Waals surface area contributed by atoms with Crippen molar-refractivity contribution in [1.82, 2.24) is 4.31 Å². The van der Waals surface area contributed by atoms with Gasteiger partial charge in [-0.25, -0.2) is 10.1 Å². The van der Waals surface area contributed by atoms with Crippen molar-refractivity contribution in [2.75, 3.05) is 18.1 Å². The predicted molar refractivity (Wildman–Crippen MR) is 132 cm³/mol. The summed E-state index contributed by atoms with van der Waals surface area (Å²) < 4.78 is 8.18. The van der Waals surface area contributed by atoms with Crippen molar-refractivity contribution in [3.8, 4) is 11.8 Å². The fourth-order valence-electron chi connectivity index (χ4n) is 4.29. The summed E-state index contributed by atoms with van der Waals surface area (Å²) >= 11 is 1.39. The number of allylic oxidation sites excluding steroid dienone is 2. The largest absolute Gasteiger partial charge is 0.409 e. The average Bonchev–Trinajstić information content (AvgIpc) is 2.77. The number of fused-ring (bicyclic) bond motifs is 1. The number of benzene rings is 2. The molecule has 2 aromatic carbocycles. The number of nitriles is 1. The average molecular weight is 451 g/mol. The number of nitrogens with two attached hydrogens (primary N) is 1. The van der Waals surface area contributed by atoms with Gasteiger partial charge in [0.1, 0.15) is 18.0 Å². The molecule has 1 heterocycles. The first kappa shape index (κ1) is 21.9. The Kier molecular flexibility index (Phi) is 6.41. The van der Waals surface area contributed by atoms with Crippen LogP contribution in [0, 0.1) is 16.7 Å². The van der Waals surface area contributed by atoms with Gasteiger partial charge in [-0.15, -0.1) is 9.24 Å². The molecule has 0 radical (unpaired) electrons. The Balaban J connectivity index is 1.43. The normalized spacial score (nSPS) is 21.2. The number of piperidine rings is 1.